The molecule has 0 bridgehead atoms. The predicted molar refractivity (Wildman–Crippen MR) is 85.0 cm³/mol. The van der Waals surface area contributed by atoms with Gasteiger partial charge in [0, 0.05) is 18.8 Å². The Balaban J connectivity index is 1.91. The van der Waals surface area contributed by atoms with E-state index in [2.05, 4.69) is 9.97 Å². The van der Waals surface area contributed by atoms with E-state index in [4.69, 9.17) is 0 Å². The fourth-order valence-electron chi connectivity index (χ4n) is 3.42. The minimum atomic E-state index is -0.792. The van der Waals surface area contributed by atoms with Crippen molar-refractivity contribution < 1.29 is 9.18 Å². The topological polar surface area (TPSA) is 46.1 Å². The van der Waals surface area contributed by atoms with E-state index in [9.17, 15) is 9.18 Å². The van der Waals surface area contributed by atoms with Gasteiger partial charge in [-0.25, -0.2) is 14.4 Å². The number of aromatic nitrogens is 2. The lowest BCUT2D eigenvalue weighted by molar-refractivity contribution is -0.134. The molecular formula is C18H20FN3O. The van der Waals surface area contributed by atoms with E-state index < -0.39 is 5.41 Å². The monoisotopic (exact) mass is 313 g/mol. The first kappa shape index (κ1) is 15.6. The second-order valence-corrected chi connectivity index (χ2v) is 6.81. The van der Waals surface area contributed by atoms with Gasteiger partial charge in [0.15, 0.2) is 0 Å². The predicted octanol–water partition coefficient (Wildman–Crippen LogP) is 2.94. The maximum Gasteiger partial charge on any atom is 0.233 e. The highest BCUT2D eigenvalue weighted by Gasteiger charge is 2.68. The molecule has 4 nitrogen and oxygen atoms in total. The number of amides is 1. The molecule has 2 aromatic rings. The molecule has 0 radical (unpaired) electrons. The highest BCUT2D eigenvalue weighted by atomic mass is 19.1. The number of carbonyl (C=O) groups is 1. The summed E-state index contributed by atoms with van der Waals surface area (Å²) in [6.45, 7) is 4.40. The van der Waals surface area contributed by atoms with E-state index in [1.807, 2.05) is 13.8 Å². The van der Waals surface area contributed by atoms with Crippen LogP contribution in [0.25, 0.3) is 0 Å². The summed E-state index contributed by atoms with van der Waals surface area (Å²) in [5.74, 6) is -0.381. The highest BCUT2D eigenvalue weighted by molar-refractivity contribution is 5.93. The summed E-state index contributed by atoms with van der Waals surface area (Å²) >= 11 is 0. The van der Waals surface area contributed by atoms with Crippen LogP contribution in [-0.2, 0) is 16.8 Å². The number of halogens is 1. The van der Waals surface area contributed by atoms with Crippen molar-refractivity contribution in [3.63, 3.8) is 0 Å². The first-order valence-corrected chi connectivity index (χ1v) is 7.64. The third-order valence-corrected chi connectivity index (χ3v) is 4.83. The van der Waals surface area contributed by atoms with Gasteiger partial charge in [0.25, 0.3) is 0 Å². The molecule has 1 heterocycles. The van der Waals surface area contributed by atoms with Crippen molar-refractivity contribution in [2.24, 2.45) is 5.41 Å². The Morgan fingerprint density at radius 2 is 2.00 bits per heavy atom. The molecule has 0 unspecified atom stereocenters. The van der Waals surface area contributed by atoms with Gasteiger partial charge >= 0.3 is 0 Å². The van der Waals surface area contributed by atoms with Gasteiger partial charge in [-0.3, -0.25) is 4.79 Å². The smallest absolute Gasteiger partial charge is 0.233 e. The van der Waals surface area contributed by atoms with Crippen LogP contribution in [0.15, 0.2) is 42.9 Å². The van der Waals surface area contributed by atoms with Crippen molar-refractivity contribution in [2.45, 2.75) is 32.2 Å². The highest BCUT2D eigenvalue weighted by Crippen LogP contribution is 2.65. The van der Waals surface area contributed by atoms with Gasteiger partial charge in [-0.15, -0.1) is 0 Å². The van der Waals surface area contributed by atoms with Crippen LogP contribution in [0.3, 0.4) is 0 Å². The standard InChI is InChI=1S/C18H20FN3O/c1-17(2)11-18(17,14-6-4-5-7-15(14)19)16(23)22(3)10-13-8-9-20-12-21-13/h4-9,12H,10-11H2,1-3H3/t18-/m1/s1. The van der Waals surface area contributed by atoms with E-state index >= 15 is 0 Å². The van der Waals surface area contributed by atoms with E-state index in [0.717, 1.165) is 5.69 Å². The molecule has 1 amide bonds. The maximum absolute atomic E-state index is 14.3. The molecule has 0 spiro atoms. The number of hydrogen-bond donors (Lipinski definition) is 0. The van der Waals surface area contributed by atoms with E-state index in [1.165, 1.54) is 12.4 Å². The molecule has 5 heteroatoms. The molecular weight excluding hydrogens is 293 g/mol. The number of nitrogens with zero attached hydrogens (tertiary/aromatic N) is 3. The maximum atomic E-state index is 14.3. The summed E-state index contributed by atoms with van der Waals surface area (Å²) in [4.78, 5) is 22.8. The molecule has 1 atom stereocenters. The van der Waals surface area contributed by atoms with Crippen LogP contribution in [-0.4, -0.2) is 27.8 Å². The number of hydrogen-bond acceptors (Lipinski definition) is 3. The normalized spacial score (nSPS) is 21.7. The van der Waals surface area contributed by atoms with Crippen LogP contribution in [0.4, 0.5) is 4.39 Å². The molecule has 0 N–H and O–H groups in total. The lowest BCUT2D eigenvalue weighted by Crippen LogP contribution is -2.39. The zero-order valence-corrected chi connectivity index (χ0v) is 13.6. The number of rotatable bonds is 4. The molecule has 0 aliphatic heterocycles. The Labute approximate surface area is 135 Å². The van der Waals surface area contributed by atoms with Gasteiger partial charge in [0.2, 0.25) is 5.91 Å². The molecule has 1 saturated carbocycles. The molecule has 1 fully saturated rings. The van der Waals surface area contributed by atoms with Crippen molar-refractivity contribution >= 4 is 5.91 Å². The molecule has 1 aromatic carbocycles. The van der Waals surface area contributed by atoms with Gasteiger partial charge in [0.05, 0.1) is 17.7 Å². The van der Waals surface area contributed by atoms with Crippen molar-refractivity contribution in [1.82, 2.24) is 14.9 Å². The SMILES string of the molecule is CN(Cc1ccncn1)C(=O)[C@]1(c2ccccc2F)CC1(C)C. The van der Waals surface area contributed by atoms with E-state index in [0.29, 0.717) is 18.5 Å². The molecule has 1 aromatic heterocycles. The van der Waals surface area contributed by atoms with Gasteiger partial charge in [-0.2, -0.15) is 0 Å². The average molecular weight is 313 g/mol. The summed E-state index contributed by atoms with van der Waals surface area (Å²) in [7, 11) is 1.74. The molecule has 0 saturated heterocycles. The van der Waals surface area contributed by atoms with Crippen molar-refractivity contribution in [3.8, 4) is 0 Å². The van der Waals surface area contributed by atoms with Gasteiger partial charge in [-0.05, 0) is 24.0 Å². The zero-order chi connectivity index (χ0) is 16.7. The van der Waals surface area contributed by atoms with Crippen molar-refractivity contribution in [1.29, 1.82) is 0 Å². The molecule has 23 heavy (non-hydrogen) atoms. The summed E-state index contributed by atoms with van der Waals surface area (Å²) in [5.41, 5.74) is 0.203. The Kier molecular flexibility index (Phi) is 3.66. The van der Waals surface area contributed by atoms with Crippen LogP contribution >= 0.6 is 0 Å². The molecule has 3 rings (SSSR count). The summed E-state index contributed by atoms with van der Waals surface area (Å²) < 4.78 is 14.3. The van der Waals surface area contributed by atoms with Crippen LogP contribution < -0.4 is 0 Å². The number of likely N-dealkylation sites (N-methyl/N-ethyl adjacent to an activating group) is 1. The number of carbonyl (C=O) groups excluding carboxylic acids is 1. The van der Waals surface area contributed by atoms with Crippen LogP contribution in [0.5, 0.6) is 0 Å². The Morgan fingerprint density at radius 3 is 2.57 bits per heavy atom. The fourth-order valence-corrected chi connectivity index (χ4v) is 3.42. The van der Waals surface area contributed by atoms with Crippen LogP contribution in [0, 0.1) is 11.2 Å². The Bertz CT molecular complexity index is 732. The van der Waals surface area contributed by atoms with Gasteiger partial charge in [-0.1, -0.05) is 32.0 Å². The second kappa shape index (κ2) is 5.41. The Hall–Kier alpha value is -2.30. The van der Waals surface area contributed by atoms with E-state index in [-0.39, 0.29) is 17.1 Å². The molecule has 1 aliphatic rings. The third-order valence-electron chi connectivity index (χ3n) is 4.83. The quantitative estimate of drug-likeness (QED) is 0.872. The third kappa shape index (κ3) is 2.50. The van der Waals surface area contributed by atoms with Crippen molar-refractivity contribution in [2.75, 3.05) is 7.05 Å². The van der Waals surface area contributed by atoms with Crippen molar-refractivity contribution in [3.05, 3.63) is 59.9 Å². The first-order chi connectivity index (χ1) is 10.9. The van der Waals surface area contributed by atoms with Crippen LogP contribution in [0.2, 0.25) is 0 Å². The summed E-state index contributed by atoms with van der Waals surface area (Å²) in [6.07, 6.45) is 3.75. The zero-order valence-electron chi connectivity index (χ0n) is 13.6. The van der Waals surface area contributed by atoms with Crippen LogP contribution in [0.1, 0.15) is 31.5 Å². The fraction of sp³-hybridized carbons (Fsp3) is 0.389. The second-order valence-electron chi connectivity index (χ2n) is 6.81. The van der Waals surface area contributed by atoms with E-state index in [1.54, 1.807) is 42.4 Å². The van der Waals surface area contributed by atoms with Gasteiger partial charge < -0.3 is 4.90 Å². The number of benzene rings is 1. The largest absolute Gasteiger partial charge is 0.339 e. The molecule has 1 aliphatic carbocycles. The lowest BCUT2D eigenvalue weighted by Gasteiger charge is -2.27. The minimum Gasteiger partial charge on any atom is -0.339 e. The summed E-state index contributed by atoms with van der Waals surface area (Å²) in [5, 5.41) is 0. The van der Waals surface area contributed by atoms with Gasteiger partial charge in [0.1, 0.15) is 12.1 Å². The minimum absolute atomic E-state index is 0.0637. The summed E-state index contributed by atoms with van der Waals surface area (Å²) in [6, 6.07) is 8.35. The first-order valence-electron chi connectivity index (χ1n) is 7.64. The average Bonchev–Trinajstić information content (AvgIpc) is 3.11. The molecule has 120 valence electrons. The lowest BCUT2D eigenvalue weighted by atomic mass is 9.86. The Morgan fingerprint density at radius 1 is 1.30 bits per heavy atom.